The van der Waals surface area contributed by atoms with Crippen LogP contribution >= 0.6 is 15.9 Å². The van der Waals surface area contributed by atoms with Crippen LogP contribution < -0.4 is 10.1 Å². The van der Waals surface area contributed by atoms with Gasteiger partial charge in [0.15, 0.2) is 0 Å². The molecule has 0 bridgehead atoms. The van der Waals surface area contributed by atoms with E-state index in [9.17, 15) is 0 Å². The Morgan fingerprint density at radius 1 is 0.960 bits per heavy atom. The molecule has 0 fully saturated rings. The van der Waals surface area contributed by atoms with Crippen LogP contribution in [0.4, 0.5) is 0 Å². The molecule has 25 heavy (non-hydrogen) atoms. The Kier molecular flexibility index (Phi) is 6.20. The highest BCUT2D eigenvalue weighted by Gasteiger charge is 2.06. The molecule has 1 heterocycles. The first kappa shape index (κ1) is 17.6. The van der Waals surface area contributed by atoms with Crippen molar-refractivity contribution >= 4 is 15.9 Å². The van der Waals surface area contributed by atoms with E-state index in [0.717, 1.165) is 45.8 Å². The predicted molar refractivity (Wildman–Crippen MR) is 104 cm³/mol. The van der Waals surface area contributed by atoms with Crippen molar-refractivity contribution < 1.29 is 4.74 Å². The Morgan fingerprint density at radius 2 is 1.80 bits per heavy atom. The van der Waals surface area contributed by atoms with Crippen molar-refractivity contribution in [3.8, 4) is 5.75 Å². The minimum Gasteiger partial charge on any atom is -0.489 e. The number of aromatic nitrogens is 1. The van der Waals surface area contributed by atoms with E-state index in [0.29, 0.717) is 6.61 Å². The number of ether oxygens (including phenoxy) is 1. The molecule has 1 aromatic heterocycles. The predicted octanol–water partition coefficient (Wildman–Crippen LogP) is 5.02. The quantitative estimate of drug-likeness (QED) is 0.608. The van der Waals surface area contributed by atoms with Crippen molar-refractivity contribution in [1.82, 2.24) is 10.3 Å². The summed E-state index contributed by atoms with van der Waals surface area (Å²) in [7, 11) is 0. The summed E-state index contributed by atoms with van der Waals surface area (Å²) < 4.78 is 7.07. The minimum atomic E-state index is 0.564. The third kappa shape index (κ3) is 5.41. The van der Waals surface area contributed by atoms with Gasteiger partial charge in [0.2, 0.25) is 0 Å². The Labute approximate surface area is 157 Å². The lowest BCUT2D eigenvalue weighted by Gasteiger charge is -2.13. The van der Waals surface area contributed by atoms with Gasteiger partial charge >= 0.3 is 0 Å². The Hall–Kier alpha value is -2.17. The summed E-state index contributed by atoms with van der Waals surface area (Å²) in [6.45, 7) is 4.02. The van der Waals surface area contributed by atoms with Gasteiger partial charge in [0, 0.05) is 28.8 Å². The molecule has 0 aliphatic rings. The maximum atomic E-state index is 6.02. The van der Waals surface area contributed by atoms with E-state index in [4.69, 9.17) is 4.74 Å². The number of halogens is 1. The second kappa shape index (κ2) is 8.79. The maximum Gasteiger partial charge on any atom is 0.124 e. The zero-order valence-corrected chi connectivity index (χ0v) is 15.8. The third-order valence-corrected chi connectivity index (χ3v) is 4.32. The average Bonchev–Trinajstić information content (AvgIpc) is 2.62. The molecular formula is C21H21BrN2O. The third-order valence-electron chi connectivity index (χ3n) is 3.83. The van der Waals surface area contributed by atoms with Gasteiger partial charge < -0.3 is 10.1 Å². The average molecular weight is 397 g/mol. The molecule has 0 amide bonds. The molecule has 0 spiro atoms. The first-order chi connectivity index (χ1) is 12.2. The van der Waals surface area contributed by atoms with Crippen LogP contribution in [0.2, 0.25) is 0 Å². The van der Waals surface area contributed by atoms with Crippen LogP contribution in [0.3, 0.4) is 0 Å². The van der Waals surface area contributed by atoms with Crippen molar-refractivity contribution in [2.45, 2.75) is 26.6 Å². The molecule has 0 aliphatic heterocycles. The standard InChI is InChI=1S/C21H21BrN2O/c1-16-6-5-9-20(24-16)14-23-13-18-12-19(22)10-11-21(18)25-15-17-7-3-2-4-8-17/h2-12,23H,13-15H2,1H3. The number of hydrogen-bond acceptors (Lipinski definition) is 3. The Morgan fingerprint density at radius 3 is 2.60 bits per heavy atom. The number of aryl methyl sites for hydroxylation is 1. The fraction of sp³-hybridized carbons (Fsp3) is 0.190. The normalized spacial score (nSPS) is 10.6. The van der Waals surface area contributed by atoms with Crippen LogP contribution in [0.1, 0.15) is 22.5 Å². The first-order valence-electron chi connectivity index (χ1n) is 8.29. The van der Waals surface area contributed by atoms with Gasteiger partial charge in [-0.3, -0.25) is 4.98 Å². The second-order valence-electron chi connectivity index (χ2n) is 5.90. The molecule has 128 valence electrons. The number of rotatable bonds is 7. The molecule has 0 aliphatic carbocycles. The van der Waals surface area contributed by atoms with Gasteiger partial charge in [-0.1, -0.05) is 52.3 Å². The minimum absolute atomic E-state index is 0.564. The summed E-state index contributed by atoms with van der Waals surface area (Å²) >= 11 is 3.54. The number of nitrogens with zero attached hydrogens (tertiary/aromatic N) is 1. The van der Waals surface area contributed by atoms with Gasteiger partial charge in [-0.05, 0) is 42.8 Å². The lowest BCUT2D eigenvalue weighted by Crippen LogP contribution is -2.14. The van der Waals surface area contributed by atoms with E-state index in [-0.39, 0.29) is 0 Å². The van der Waals surface area contributed by atoms with E-state index in [1.807, 2.05) is 55.5 Å². The van der Waals surface area contributed by atoms with E-state index >= 15 is 0 Å². The van der Waals surface area contributed by atoms with Crippen LogP contribution in [-0.4, -0.2) is 4.98 Å². The second-order valence-corrected chi connectivity index (χ2v) is 6.82. The fourth-order valence-electron chi connectivity index (χ4n) is 2.59. The molecule has 0 radical (unpaired) electrons. The Bertz CT molecular complexity index is 821. The van der Waals surface area contributed by atoms with Crippen LogP contribution in [0.15, 0.2) is 71.2 Å². The summed E-state index contributed by atoms with van der Waals surface area (Å²) in [6.07, 6.45) is 0. The summed E-state index contributed by atoms with van der Waals surface area (Å²) in [5.41, 5.74) is 4.36. The highest BCUT2D eigenvalue weighted by molar-refractivity contribution is 9.10. The molecule has 0 unspecified atom stereocenters. The van der Waals surface area contributed by atoms with E-state index in [1.165, 1.54) is 0 Å². The summed E-state index contributed by atoms with van der Waals surface area (Å²) in [6, 6.07) is 22.4. The highest BCUT2D eigenvalue weighted by Crippen LogP contribution is 2.24. The summed E-state index contributed by atoms with van der Waals surface area (Å²) in [4.78, 5) is 4.52. The molecule has 3 rings (SSSR count). The number of benzene rings is 2. The maximum absolute atomic E-state index is 6.02. The monoisotopic (exact) mass is 396 g/mol. The van der Waals surface area contributed by atoms with Crippen molar-refractivity contribution in [3.05, 3.63) is 93.7 Å². The number of hydrogen-bond donors (Lipinski definition) is 1. The van der Waals surface area contributed by atoms with Gasteiger partial charge in [0.1, 0.15) is 12.4 Å². The van der Waals surface area contributed by atoms with Crippen LogP contribution in [-0.2, 0) is 19.7 Å². The molecule has 0 saturated carbocycles. The zero-order valence-electron chi connectivity index (χ0n) is 14.2. The SMILES string of the molecule is Cc1cccc(CNCc2cc(Br)ccc2OCc2ccccc2)n1. The first-order valence-corrected chi connectivity index (χ1v) is 9.08. The van der Waals surface area contributed by atoms with Crippen LogP contribution in [0, 0.1) is 6.92 Å². The molecule has 0 atom stereocenters. The lowest BCUT2D eigenvalue weighted by atomic mass is 10.2. The van der Waals surface area contributed by atoms with Gasteiger partial charge in [-0.25, -0.2) is 0 Å². The van der Waals surface area contributed by atoms with Gasteiger partial charge in [0.05, 0.1) is 5.69 Å². The van der Waals surface area contributed by atoms with Crippen LogP contribution in [0.25, 0.3) is 0 Å². The zero-order chi connectivity index (χ0) is 17.5. The van der Waals surface area contributed by atoms with Crippen molar-refractivity contribution in [3.63, 3.8) is 0 Å². The van der Waals surface area contributed by atoms with Gasteiger partial charge in [-0.15, -0.1) is 0 Å². The lowest BCUT2D eigenvalue weighted by molar-refractivity contribution is 0.302. The van der Waals surface area contributed by atoms with Crippen molar-refractivity contribution in [2.75, 3.05) is 0 Å². The van der Waals surface area contributed by atoms with Crippen LogP contribution in [0.5, 0.6) is 5.75 Å². The Balaban J connectivity index is 1.62. The molecule has 3 nitrogen and oxygen atoms in total. The molecule has 3 aromatic rings. The van der Waals surface area contributed by atoms with Crippen molar-refractivity contribution in [1.29, 1.82) is 0 Å². The molecule has 2 aromatic carbocycles. The fourth-order valence-corrected chi connectivity index (χ4v) is 2.99. The van der Waals surface area contributed by atoms with E-state index < -0.39 is 0 Å². The molecular weight excluding hydrogens is 376 g/mol. The molecule has 1 N–H and O–H groups in total. The number of nitrogens with one attached hydrogen (secondary N) is 1. The molecule has 0 saturated heterocycles. The summed E-state index contributed by atoms with van der Waals surface area (Å²) in [5.74, 6) is 0.900. The van der Waals surface area contributed by atoms with E-state index in [2.05, 4.69) is 44.4 Å². The number of pyridine rings is 1. The van der Waals surface area contributed by atoms with Gasteiger partial charge in [0.25, 0.3) is 0 Å². The van der Waals surface area contributed by atoms with E-state index in [1.54, 1.807) is 0 Å². The van der Waals surface area contributed by atoms with Gasteiger partial charge in [-0.2, -0.15) is 0 Å². The van der Waals surface area contributed by atoms with Crippen molar-refractivity contribution in [2.24, 2.45) is 0 Å². The topological polar surface area (TPSA) is 34.1 Å². The largest absolute Gasteiger partial charge is 0.489 e. The molecule has 4 heteroatoms. The highest BCUT2D eigenvalue weighted by atomic mass is 79.9. The smallest absolute Gasteiger partial charge is 0.124 e. The summed E-state index contributed by atoms with van der Waals surface area (Å²) in [5, 5.41) is 3.45.